The Morgan fingerprint density at radius 1 is 0.356 bits per heavy atom. The summed E-state index contributed by atoms with van der Waals surface area (Å²) in [5.74, 6) is 1.45. The summed E-state index contributed by atoms with van der Waals surface area (Å²) in [5, 5.41) is 6.98. The first-order valence-corrected chi connectivity index (χ1v) is 19.6. The van der Waals surface area contributed by atoms with E-state index < -0.39 is 0 Å². The van der Waals surface area contributed by atoms with Crippen LogP contribution in [0, 0.1) is 6.57 Å². The molecule has 0 bridgehead atoms. The first kappa shape index (κ1) is 32.9. The average Bonchev–Trinajstić information content (AvgIpc) is 3.94. The zero-order valence-electron chi connectivity index (χ0n) is 31.5. The highest BCUT2D eigenvalue weighted by atomic mass is 15.2. The van der Waals surface area contributed by atoms with E-state index in [9.17, 15) is 0 Å². The van der Waals surface area contributed by atoms with Crippen molar-refractivity contribution in [1.29, 1.82) is 0 Å². The fourth-order valence-electron chi connectivity index (χ4n) is 8.96. The van der Waals surface area contributed by atoms with Crippen LogP contribution in [-0.2, 0) is 0 Å². The highest BCUT2D eigenvalue weighted by molar-refractivity contribution is 6.14. The van der Waals surface area contributed by atoms with Gasteiger partial charge in [-0.15, -0.1) is 0 Å². The molecule has 0 atom stereocenters. The summed E-state index contributed by atoms with van der Waals surface area (Å²) in [6.07, 6.45) is 0. The van der Waals surface area contributed by atoms with Gasteiger partial charge in [-0.1, -0.05) is 127 Å². The first-order chi connectivity index (χ1) is 29.2. The van der Waals surface area contributed by atoms with E-state index in [-0.39, 0.29) is 0 Å². The van der Waals surface area contributed by atoms with Gasteiger partial charge in [0.25, 0.3) is 0 Å². The standard InChI is InChI=1S/C52H31N7/c1-53-43-22-10-5-21-40(43)51-54-50(33-15-3-2-4-16-33)55-52(56-51)59-48-29-27-34(57-44-23-11-6-17-36(44)37-18-7-12-24-45(37)57)31-41(48)42-32-35(28-30-49(42)59)58-46-25-13-8-19-38(46)39-20-9-14-26-47(39)58/h2-32H. The summed E-state index contributed by atoms with van der Waals surface area (Å²) in [5.41, 5.74) is 10.6. The van der Waals surface area contributed by atoms with Crippen molar-refractivity contribution in [2.24, 2.45) is 0 Å². The third-order valence-electron chi connectivity index (χ3n) is 11.5. The van der Waals surface area contributed by atoms with E-state index >= 15 is 0 Å². The minimum atomic E-state index is 0.444. The number of hydrogen-bond donors (Lipinski definition) is 0. The molecule has 0 amide bonds. The summed E-state index contributed by atoms with van der Waals surface area (Å²) in [6, 6.07) is 65.3. The summed E-state index contributed by atoms with van der Waals surface area (Å²) in [4.78, 5) is 19.2. The zero-order chi connectivity index (χ0) is 39.0. The van der Waals surface area contributed by atoms with E-state index in [0.717, 1.165) is 60.8 Å². The van der Waals surface area contributed by atoms with Crippen molar-refractivity contribution in [3.8, 4) is 40.1 Å². The van der Waals surface area contributed by atoms with Crippen LogP contribution in [0.1, 0.15) is 0 Å². The fraction of sp³-hybridized carbons (Fsp3) is 0. The van der Waals surface area contributed by atoms with Gasteiger partial charge in [-0.05, 0) is 60.7 Å². The minimum absolute atomic E-state index is 0.444. The molecular weight excluding hydrogens is 723 g/mol. The Bertz CT molecular complexity index is 3420. The van der Waals surface area contributed by atoms with Crippen LogP contribution in [0.15, 0.2) is 188 Å². The SMILES string of the molecule is [C-]#[N+]c1ccccc1-c1nc(-c2ccccc2)nc(-n2c3ccc(-n4c5ccccc5c5ccccc54)cc3c3cc(-n4c5ccccc5c5ccccc54)ccc32)n1. The van der Waals surface area contributed by atoms with Gasteiger partial charge >= 0.3 is 0 Å². The number of para-hydroxylation sites is 5. The van der Waals surface area contributed by atoms with Crippen molar-refractivity contribution in [2.75, 3.05) is 0 Å². The molecule has 0 aliphatic heterocycles. The van der Waals surface area contributed by atoms with E-state index in [1.54, 1.807) is 6.07 Å². The van der Waals surface area contributed by atoms with Gasteiger partial charge in [0, 0.05) is 54.8 Å². The molecule has 7 nitrogen and oxygen atoms in total. The van der Waals surface area contributed by atoms with Crippen LogP contribution in [0.5, 0.6) is 0 Å². The Morgan fingerprint density at radius 2 is 0.780 bits per heavy atom. The minimum Gasteiger partial charge on any atom is -0.309 e. The largest absolute Gasteiger partial charge is 0.309 e. The molecule has 0 unspecified atom stereocenters. The molecule has 0 N–H and O–H groups in total. The van der Waals surface area contributed by atoms with Crippen molar-refractivity contribution >= 4 is 71.1 Å². The second-order valence-corrected chi connectivity index (χ2v) is 14.8. The van der Waals surface area contributed by atoms with Crippen LogP contribution in [-0.4, -0.2) is 28.7 Å². The molecule has 12 aromatic rings. The maximum atomic E-state index is 7.96. The molecule has 12 rings (SSSR count). The van der Waals surface area contributed by atoms with Crippen LogP contribution in [0.25, 0.3) is 110 Å². The molecule has 0 saturated carbocycles. The lowest BCUT2D eigenvalue weighted by Gasteiger charge is -2.12. The van der Waals surface area contributed by atoms with Gasteiger partial charge in [0.05, 0.1) is 39.7 Å². The number of rotatable bonds is 5. The van der Waals surface area contributed by atoms with E-state index in [0.29, 0.717) is 28.8 Å². The predicted octanol–water partition coefficient (Wildman–Crippen LogP) is 13.0. The van der Waals surface area contributed by atoms with Crippen molar-refractivity contribution in [3.05, 3.63) is 199 Å². The fourth-order valence-corrected chi connectivity index (χ4v) is 8.96. The maximum Gasteiger partial charge on any atom is 0.238 e. The van der Waals surface area contributed by atoms with Crippen molar-refractivity contribution < 1.29 is 0 Å². The van der Waals surface area contributed by atoms with Gasteiger partial charge in [0.1, 0.15) is 0 Å². The topological polar surface area (TPSA) is 57.8 Å². The molecule has 0 fully saturated rings. The van der Waals surface area contributed by atoms with E-state index in [2.05, 4.69) is 152 Å². The van der Waals surface area contributed by atoms with Crippen molar-refractivity contribution in [2.45, 2.75) is 0 Å². The lowest BCUT2D eigenvalue weighted by atomic mass is 10.1. The molecule has 59 heavy (non-hydrogen) atoms. The van der Waals surface area contributed by atoms with Gasteiger partial charge in [-0.3, -0.25) is 4.57 Å². The summed E-state index contributed by atoms with van der Waals surface area (Å²) < 4.78 is 6.87. The lowest BCUT2D eigenvalue weighted by Crippen LogP contribution is -2.06. The monoisotopic (exact) mass is 753 g/mol. The molecule has 0 spiro atoms. The summed E-state index contributed by atoms with van der Waals surface area (Å²) >= 11 is 0. The molecule has 0 radical (unpaired) electrons. The van der Waals surface area contributed by atoms with Gasteiger partial charge in [0.15, 0.2) is 17.3 Å². The summed E-state index contributed by atoms with van der Waals surface area (Å²) in [7, 11) is 0. The highest BCUT2D eigenvalue weighted by Gasteiger charge is 2.22. The second-order valence-electron chi connectivity index (χ2n) is 14.8. The smallest absolute Gasteiger partial charge is 0.238 e. The van der Waals surface area contributed by atoms with Gasteiger partial charge < -0.3 is 9.13 Å². The third kappa shape index (κ3) is 4.97. The highest BCUT2D eigenvalue weighted by Crippen LogP contribution is 2.40. The van der Waals surface area contributed by atoms with E-state index in [1.165, 1.54) is 21.5 Å². The van der Waals surface area contributed by atoms with Crippen LogP contribution >= 0.6 is 0 Å². The van der Waals surface area contributed by atoms with Gasteiger partial charge in [-0.2, -0.15) is 9.97 Å². The third-order valence-corrected chi connectivity index (χ3v) is 11.5. The number of benzene rings is 8. The van der Waals surface area contributed by atoms with Crippen LogP contribution in [0.4, 0.5) is 5.69 Å². The van der Waals surface area contributed by atoms with E-state index in [1.807, 2.05) is 48.5 Å². The van der Waals surface area contributed by atoms with Crippen LogP contribution < -0.4 is 0 Å². The molecule has 0 aliphatic carbocycles. The van der Waals surface area contributed by atoms with Crippen molar-refractivity contribution in [1.82, 2.24) is 28.7 Å². The van der Waals surface area contributed by atoms with E-state index in [4.69, 9.17) is 21.5 Å². The Balaban J connectivity index is 1.18. The molecule has 4 aromatic heterocycles. The molecule has 0 aliphatic rings. The van der Waals surface area contributed by atoms with Crippen LogP contribution in [0.2, 0.25) is 0 Å². The molecule has 0 saturated heterocycles. The predicted molar refractivity (Wildman–Crippen MR) is 240 cm³/mol. The Hall–Kier alpha value is -8.34. The molecular formula is C52H31N7. The Kier molecular flexibility index (Phi) is 7.16. The maximum absolute atomic E-state index is 7.96. The quantitative estimate of drug-likeness (QED) is 0.164. The number of fused-ring (bicyclic) bond motifs is 9. The second kappa shape index (κ2) is 12.8. The number of nitrogens with zero attached hydrogens (tertiary/aromatic N) is 7. The Labute approximate surface area is 338 Å². The Morgan fingerprint density at radius 3 is 1.29 bits per heavy atom. The van der Waals surface area contributed by atoms with Gasteiger partial charge in [-0.25, -0.2) is 9.83 Å². The van der Waals surface area contributed by atoms with Gasteiger partial charge in [0.2, 0.25) is 5.95 Å². The average molecular weight is 754 g/mol. The van der Waals surface area contributed by atoms with Crippen LogP contribution in [0.3, 0.4) is 0 Å². The number of hydrogen-bond acceptors (Lipinski definition) is 3. The molecule has 274 valence electrons. The molecule has 7 heteroatoms. The molecule has 4 heterocycles. The normalized spacial score (nSPS) is 11.7. The molecule has 8 aromatic carbocycles. The van der Waals surface area contributed by atoms with Crippen molar-refractivity contribution in [3.63, 3.8) is 0 Å². The lowest BCUT2D eigenvalue weighted by molar-refractivity contribution is 0.953. The first-order valence-electron chi connectivity index (χ1n) is 19.6. The number of aromatic nitrogens is 6. The summed E-state index contributed by atoms with van der Waals surface area (Å²) in [6.45, 7) is 7.96. The zero-order valence-corrected chi connectivity index (χ0v) is 31.5.